The largest absolute Gasteiger partial charge is 0.468 e. The molecule has 1 amide bonds. The Labute approximate surface area is 107 Å². The molecule has 0 spiro atoms. The smallest absolute Gasteiger partial charge is 0.408 e. The fraction of sp³-hybridized carbons (Fsp3) is 0.833. The number of alkyl carbamates (subject to hydrolysis) is 1. The Bertz CT molecular complexity index is 331. The number of hydrogen-bond acceptors (Lipinski definition) is 5. The SMILES string of the molecule is COC(=O)[C@@H](N)C1(NC(=O)OC(C)(C)C)CCC1. The molecular weight excluding hydrogens is 236 g/mol. The average molecular weight is 258 g/mol. The van der Waals surface area contributed by atoms with Crippen LogP contribution in [0, 0.1) is 0 Å². The first-order valence-electron chi connectivity index (χ1n) is 6.05. The molecular formula is C12H22N2O4. The minimum Gasteiger partial charge on any atom is -0.468 e. The summed E-state index contributed by atoms with van der Waals surface area (Å²) in [5.74, 6) is -0.522. The van der Waals surface area contributed by atoms with Crippen LogP contribution in [0.3, 0.4) is 0 Å². The van der Waals surface area contributed by atoms with Gasteiger partial charge in [0.1, 0.15) is 11.6 Å². The fourth-order valence-corrected chi connectivity index (χ4v) is 1.93. The Hall–Kier alpha value is -1.30. The number of carbonyl (C=O) groups excluding carboxylic acids is 2. The molecule has 1 saturated carbocycles. The zero-order valence-electron chi connectivity index (χ0n) is 11.4. The zero-order valence-corrected chi connectivity index (χ0v) is 11.4. The van der Waals surface area contributed by atoms with Crippen LogP contribution < -0.4 is 11.1 Å². The van der Waals surface area contributed by atoms with E-state index < -0.39 is 29.2 Å². The lowest BCUT2D eigenvalue weighted by Crippen LogP contribution is -2.67. The van der Waals surface area contributed by atoms with Crippen LogP contribution in [-0.4, -0.2) is 36.4 Å². The van der Waals surface area contributed by atoms with Crippen molar-refractivity contribution in [1.29, 1.82) is 0 Å². The van der Waals surface area contributed by atoms with E-state index in [9.17, 15) is 9.59 Å². The van der Waals surface area contributed by atoms with E-state index in [1.165, 1.54) is 7.11 Å². The molecule has 1 aliphatic rings. The van der Waals surface area contributed by atoms with Crippen molar-refractivity contribution in [2.45, 2.75) is 57.2 Å². The summed E-state index contributed by atoms with van der Waals surface area (Å²) in [6, 6.07) is -0.858. The number of esters is 1. The van der Waals surface area contributed by atoms with Crippen LogP contribution in [0.25, 0.3) is 0 Å². The summed E-state index contributed by atoms with van der Waals surface area (Å²) in [7, 11) is 1.28. The van der Waals surface area contributed by atoms with Crippen molar-refractivity contribution in [3.05, 3.63) is 0 Å². The lowest BCUT2D eigenvalue weighted by molar-refractivity contribution is -0.145. The van der Waals surface area contributed by atoms with Crippen molar-refractivity contribution in [1.82, 2.24) is 5.32 Å². The molecule has 0 aromatic heterocycles. The molecule has 3 N–H and O–H groups in total. The van der Waals surface area contributed by atoms with Crippen molar-refractivity contribution < 1.29 is 19.1 Å². The van der Waals surface area contributed by atoms with Crippen LogP contribution in [-0.2, 0) is 14.3 Å². The van der Waals surface area contributed by atoms with E-state index >= 15 is 0 Å². The Morgan fingerprint density at radius 2 is 1.89 bits per heavy atom. The molecule has 1 rings (SSSR count). The van der Waals surface area contributed by atoms with Crippen LogP contribution in [0.2, 0.25) is 0 Å². The van der Waals surface area contributed by atoms with Gasteiger partial charge < -0.3 is 20.5 Å². The van der Waals surface area contributed by atoms with Crippen molar-refractivity contribution in [3.63, 3.8) is 0 Å². The first-order valence-corrected chi connectivity index (χ1v) is 6.05. The molecule has 0 unspecified atom stereocenters. The maximum Gasteiger partial charge on any atom is 0.408 e. The van der Waals surface area contributed by atoms with E-state index in [4.69, 9.17) is 10.5 Å². The lowest BCUT2D eigenvalue weighted by Gasteiger charge is -2.45. The minimum absolute atomic E-state index is 0.522. The van der Waals surface area contributed by atoms with Gasteiger partial charge in [0, 0.05) is 0 Å². The number of methoxy groups -OCH3 is 1. The molecule has 0 aromatic rings. The number of carbonyl (C=O) groups is 2. The summed E-state index contributed by atoms with van der Waals surface area (Å²) in [6.45, 7) is 5.33. The Morgan fingerprint density at radius 1 is 1.33 bits per heavy atom. The van der Waals surface area contributed by atoms with Gasteiger partial charge in [-0.15, -0.1) is 0 Å². The van der Waals surface area contributed by atoms with Gasteiger partial charge in [0.25, 0.3) is 0 Å². The fourth-order valence-electron chi connectivity index (χ4n) is 1.93. The van der Waals surface area contributed by atoms with E-state index in [2.05, 4.69) is 10.1 Å². The topological polar surface area (TPSA) is 90.6 Å². The number of ether oxygens (including phenoxy) is 2. The van der Waals surface area contributed by atoms with E-state index in [0.717, 1.165) is 6.42 Å². The third-order valence-corrected chi connectivity index (χ3v) is 3.05. The molecule has 18 heavy (non-hydrogen) atoms. The maximum absolute atomic E-state index is 11.7. The molecule has 0 aliphatic heterocycles. The molecule has 6 heteroatoms. The predicted octanol–water partition coefficient (Wildman–Crippen LogP) is 0.934. The highest BCUT2D eigenvalue weighted by Crippen LogP contribution is 2.35. The van der Waals surface area contributed by atoms with E-state index in [-0.39, 0.29) is 0 Å². The Balaban J connectivity index is 2.66. The van der Waals surface area contributed by atoms with Gasteiger partial charge in [-0.05, 0) is 40.0 Å². The molecule has 1 atom stereocenters. The van der Waals surface area contributed by atoms with Crippen molar-refractivity contribution >= 4 is 12.1 Å². The first kappa shape index (κ1) is 14.8. The second-order valence-electron chi connectivity index (χ2n) is 5.64. The number of nitrogens with one attached hydrogen (secondary N) is 1. The van der Waals surface area contributed by atoms with Crippen LogP contribution >= 0.6 is 0 Å². The van der Waals surface area contributed by atoms with E-state index in [1.54, 1.807) is 20.8 Å². The molecule has 104 valence electrons. The summed E-state index contributed by atoms with van der Waals surface area (Å²) in [5, 5.41) is 2.71. The quantitative estimate of drug-likeness (QED) is 0.735. The Morgan fingerprint density at radius 3 is 2.22 bits per heavy atom. The van der Waals surface area contributed by atoms with Gasteiger partial charge in [-0.3, -0.25) is 4.79 Å². The van der Waals surface area contributed by atoms with E-state index in [1.807, 2.05) is 0 Å². The van der Waals surface area contributed by atoms with Crippen LogP contribution in [0.15, 0.2) is 0 Å². The summed E-state index contributed by atoms with van der Waals surface area (Å²) >= 11 is 0. The van der Waals surface area contributed by atoms with Gasteiger partial charge >= 0.3 is 12.1 Å². The normalized spacial score (nSPS) is 19.4. The summed E-state index contributed by atoms with van der Waals surface area (Å²) in [4.78, 5) is 23.2. The molecule has 6 nitrogen and oxygen atoms in total. The average Bonchev–Trinajstić information content (AvgIpc) is 2.18. The molecule has 0 saturated heterocycles. The molecule has 0 aromatic carbocycles. The van der Waals surface area contributed by atoms with Crippen LogP contribution in [0.4, 0.5) is 4.79 Å². The van der Waals surface area contributed by atoms with Gasteiger partial charge in [0.2, 0.25) is 0 Å². The molecule has 1 fully saturated rings. The van der Waals surface area contributed by atoms with Crippen molar-refractivity contribution in [2.24, 2.45) is 5.73 Å². The molecule has 0 heterocycles. The highest BCUT2D eigenvalue weighted by atomic mass is 16.6. The monoisotopic (exact) mass is 258 g/mol. The van der Waals surface area contributed by atoms with Gasteiger partial charge in [-0.2, -0.15) is 0 Å². The maximum atomic E-state index is 11.7. The second-order valence-corrected chi connectivity index (χ2v) is 5.64. The third-order valence-electron chi connectivity index (χ3n) is 3.05. The van der Waals surface area contributed by atoms with Crippen molar-refractivity contribution in [2.75, 3.05) is 7.11 Å². The minimum atomic E-state index is -0.858. The number of nitrogens with two attached hydrogens (primary N) is 1. The highest BCUT2D eigenvalue weighted by Gasteiger charge is 2.48. The first-order chi connectivity index (χ1) is 8.20. The van der Waals surface area contributed by atoms with Gasteiger partial charge in [-0.1, -0.05) is 0 Å². The Kier molecular flexibility index (Phi) is 4.21. The van der Waals surface area contributed by atoms with Crippen LogP contribution in [0.5, 0.6) is 0 Å². The third kappa shape index (κ3) is 3.35. The lowest BCUT2D eigenvalue weighted by atomic mass is 9.71. The highest BCUT2D eigenvalue weighted by molar-refractivity contribution is 5.79. The van der Waals surface area contributed by atoms with Gasteiger partial charge in [-0.25, -0.2) is 4.79 Å². The number of rotatable bonds is 3. The summed E-state index contributed by atoms with van der Waals surface area (Å²) in [5.41, 5.74) is 4.53. The van der Waals surface area contributed by atoms with E-state index in [0.29, 0.717) is 12.8 Å². The number of hydrogen-bond donors (Lipinski definition) is 2. The summed E-state index contributed by atoms with van der Waals surface area (Å²) < 4.78 is 9.80. The van der Waals surface area contributed by atoms with Gasteiger partial charge in [0.15, 0.2) is 0 Å². The van der Waals surface area contributed by atoms with Crippen molar-refractivity contribution in [3.8, 4) is 0 Å². The van der Waals surface area contributed by atoms with Gasteiger partial charge in [0.05, 0.1) is 12.6 Å². The van der Waals surface area contributed by atoms with Crippen LogP contribution in [0.1, 0.15) is 40.0 Å². The summed E-state index contributed by atoms with van der Waals surface area (Å²) in [6.07, 6.45) is 1.67. The standard InChI is InChI=1S/C12H22N2O4/c1-11(2,3)18-10(16)14-12(6-5-7-12)8(13)9(15)17-4/h8H,5-7,13H2,1-4H3,(H,14,16)/t8-/m1/s1. The molecule has 0 bridgehead atoms. The zero-order chi connectivity index (χ0) is 14.0. The molecule has 1 aliphatic carbocycles. The number of amides is 1. The second kappa shape index (κ2) is 5.14. The predicted molar refractivity (Wildman–Crippen MR) is 65.9 cm³/mol. The molecule has 0 radical (unpaired) electrons.